The van der Waals surface area contributed by atoms with Crippen LogP contribution in [0.1, 0.15) is 16.1 Å². The molecule has 1 aromatic carbocycles. The Hall–Kier alpha value is -2.16. The molecule has 1 heterocycles. The molecule has 80 valence electrons. The molecule has 0 aliphatic carbocycles. The zero-order valence-corrected chi connectivity index (χ0v) is 8.84. The van der Waals surface area contributed by atoms with Gasteiger partial charge in [-0.1, -0.05) is 12.1 Å². The Morgan fingerprint density at radius 2 is 2.12 bits per heavy atom. The Labute approximate surface area is 93.4 Å². The molecular formula is C13H11NO2. The quantitative estimate of drug-likeness (QED) is 0.780. The number of rotatable bonds is 2. The van der Waals surface area contributed by atoms with Crippen molar-refractivity contribution in [3.63, 3.8) is 0 Å². The zero-order valence-electron chi connectivity index (χ0n) is 8.84. The highest BCUT2D eigenvalue weighted by molar-refractivity contribution is 5.85. The van der Waals surface area contributed by atoms with Crippen molar-refractivity contribution in [3.05, 3.63) is 47.8 Å². The molecule has 0 spiro atoms. The molecular weight excluding hydrogens is 202 g/mol. The summed E-state index contributed by atoms with van der Waals surface area (Å²) in [5.74, 6) is 0.0168. The molecule has 0 unspecified atom stereocenters. The van der Waals surface area contributed by atoms with Gasteiger partial charge in [0.25, 0.3) is 0 Å². The molecule has 0 saturated carbocycles. The number of phenols is 1. The van der Waals surface area contributed by atoms with Crippen LogP contribution in [0.5, 0.6) is 5.75 Å². The number of aromatic nitrogens is 1. The molecule has 0 radical (unpaired) electrons. The van der Waals surface area contributed by atoms with E-state index >= 15 is 0 Å². The molecule has 0 fully saturated rings. The third kappa shape index (κ3) is 1.80. The Kier molecular flexibility index (Phi) is 2.68. The fourth-order valence-electron chi connectivity index (χ4n) is 1.60. The normalized spacial score (nSPS) is 10.1. The van der Waals surface area contributed by atoms with Crippen molar-refractivity contribution in [1.82, 2.24) is 4.98 Å². The number of hydrogen-bond acceptors (Lipinski definition) is 3. The van der Waals surface area contributed by atoms with E-state index in [-0.39, 0.29) is 5.75 Å². The van der Waals surface area contributed by atoms with E-state index in [2.05, 4.69) is 4.98 Å². The molecule has 0 amide bonds. The van der Waals surface area contributed by atoms with Crippen LogP contribution in [0.3, 0.4) is 0 Å². The van der Waals surface area contributed by atoms with Crippen molar-refractivity contribution in [3.8, 4) is 16.9 Å². The second-order valence-corrected chi connectivity index (χ2v) is 3.55. The molecule has 0 bridgehead atoms. The number of nitrogens with zero attached hydrogens (tertiary/aromatic N) is 1. The van der Waals surface area contributed by atoms with Gasteiger partial charge in [0.15, 0.2) is 6.29 Å². The number of aryl methyl sites for hydroxylation is 1. The fraction of sp³-hybridized carbons (Fsp3) is 0.0769. The van der Waals surface area contributed by atoms with Crippen LogP contribution < -0.4 is 0 Å². The van der Waals surface area contributed by atoms with Crippen LogP contribution in [-0.2, 0) is 0 Å². The van der Waals surface area contributed by atoms with E-state index in [0.717, 1.165) is 11.3 Å². The monoisotopic (exact) mass is 213 g/mol. The van der Waals surface area contributed by atoms with Crippen LogP contribution in [-0.4, -0.2) is 16.4 Å². The molecule has 3 nitrogen and oxygen atoms in total. The van der Waals surface area contributed by atoms with Crippen molar-refractivity contribution >= 4 is 6.29 Å². The smallest absolute Gasteiger partial charge is 0.153 e. The summed E-state index contributed by atoms with van der Waals surface area (Å²) < 4.78 is 0. The fourth-order valence-corrected chi connectivity index (χ4v) is 1.60. The molecule has 0 saturated heterocycles. The van der Waals surface area contributed by atoms with Crippen LogP contribution in [0.4, 0.5) is 0 Å². The van der Waals surface area contributed by atoms with Gasteiger partial charge >= 0.3 is 0 Å². The van der Waals surface area contributed by atoms with Gasteiger partial charge in [-0.05, 0) is 30.7 Å². The summed E-state index contributed by atoms with van der Waals surface area (Å²) in [6.45, 7) is 1.88. The van der Waals surface area contributed by atoms with Crippen molar-refractivity contribution in [2.45, 2.75) is 6.92 Å². The molecule has 2 rings (SSSR count). The van der Waals surface area contributed by atoms with Crippen LogP contribution >= 0.6 is 0 Å². The van der Waals surface area contributed by atoms with Gasteiger partial charge in [0.05, 0.1) is 5.56 Å². The molecule has 16 heavy (non-hydrogen) atoms. The summed E-state index contributed by atoms with van der Waals surface area (Å²) in [6, 6.07) is 8.77. The third-order valence-electron chi connectivity index (χ3n) is 2.40. The third-order valence-corrected chi connectivity index (χ3v) is 2.40. The Morgan fingerprint density at radius 3 is 2.81 bits per heavy atom. The number of carbonyl (C=O) groups excluding carboxylic acids is 1. The number of benzene rings is 1. The summed E-state index contributed by atoms with van der Waals surface area (Å²) in [7, 11) is 0. The predicted octanol–water partition coefficient (Wildman–Crippen LogP) is 2.58. The molecule has 0 atom stereocenters. The first-order valence-corrected chi connectivity index (χ1v) is 4.92. The van der Waals surface area contributed by atoms with Gasteiger partial charge < -0.3 is 5.11 Å². The van der Waals surface area contributed by atoms with Crippen molar-refractivity contribution in [2.24, 2.45) is 0 Å². The Morgan fingerprint density at radius 1 is 1.31 bits per heavy atom. The Balaban J connectivity index is 2.60. The maximum atomic E-state index is 10.7. The number of aldehydes is 1. The van der Waals surface area contributed by atoms with Gasteiger partial charge in [-0.25, -0.2) is 0 Å². The number of pyridine rings is 1. The minimum Gasteiger partial charge on any atom is -0.507 e. The van der Waals surface area contributed by atoms with Crippen LogP contribution in [0.2, 0.25) is 0 Å². The molecule has 3 heteroatoms. The standard InChI is InChI=1S/C13H11NO2/c1-9-7-10(5-6-14-9)12-4-2-3-11(8-15)13(12)16/h2-8,16H,1H3. The SMILES string of the molecule is Cc1cc(-c2cccc(C=O)c2O)ccn1. The lowest BCUT2D eigenvalue weighted by Crippen LogP contribution is -1.87. The molecule has 2 aromatic rings. The molecule has 1 N–H and O–H groups in total. The van der Waals surface area contributed by atoms with E-state index in [1.165, 1.54) is 0 Å². The average Bonchev–Trinajstić information content (AvgIpc) is 2.29. The molecule has 1 aromatic heterocycles. The largest absolute Gasteiger partial charge is 0.507 e. The van der Waals surface area contributed by atoms with Crippen LogP contribution in [0.25, 0.3) is 11.1 Å². The van der Waals surface area contributed by atoms with Crippen molar-refractivity contribution in [1.29, 1.82) is 0 Å². The number of hydrogen-bond donors (Lipinski definition) is 1. The predicted molar refractivity (Wildman–Crippen MR) is 61.5 cm³/mol. The highest BCUT2D eigenvalue weighted by Crippen LogP contribution is 2.31. The summed E-state index contributed by atoms with van der Waals surface area (Å²) in [5.41, 5.74) is 2.67. The van der Waals surface area contributed by atoms with E-state index in [9.17, 15) is 9.90 Å². The highest BCUT2D eigenvalue weighted by atomic mass is 16.3. The number of aromatic hydroxyl groups is 1. The van der Waals surface area contributed by atoms with Gasteiger partial charge in [0.2, 0.25) is 0 Å². The van der Waals surface area contributed by atoms with E-state index in [0.29, 0.717) is 17.4 Å². The van der Waals surface area contributed by atoms with Gasteiger partial charge in [-0.2, -0.15) is 0 Å². The Bertz CT molecular complexity index is 535. The lowest BCUT2D eigenvalue weighted by molar-refractivity contribution is 0.112. The second-order valence-electron chi connectivity index (χ2n) is 3.55. The highest BCUT2D eigenvalue weighted by Gasteiger charge is 2.08. The lowest BCUT2D eigenvalue weighted by Gasteiger charge is -2.06. The van der Waals surface area contributed by atoms with E-state index in [1.807, 2.05) is 13.0 Å². The van der Waals surface area contributed by atoms with Gasteiger partial charge in [0, 0.05) is 17.5 Å². The number of phenolic OH excluding ortho intramolecular Hbond substituents is 1. The maximum Gasteiger partial charge on any atom is 0.153 e. The minimum atomic E-state index is 0.0168. The van der Waals surface area contributed by atoms with Crippen molar-refractivity contribution < 1.29 is 9.90 Å². The summed E-state index contributed by atoms with van der Waals surface area (Å²) in [5, 5.41) is 9.88. The zero-order chi connectivity index (χ0) is 11.5. The van der Waals surface area contributed by atoms with Crippen molar-refractivity contribution in [2.75, 3.05) is 0 Å². The van der Waals surface area contributed by atoms with Gasteiger partial charge in [-0.15, -0.1) is 0 Å². The first-order valence-electron chi connectivity index (χ1n) is 4.92. The summed E-state index contributed by atoms with van der Waals surface area (Å²) in [6.07, 6.45) is 2.32. The lowest BCUT2D eigenvalue weighted by atomic mass is 10.0. The average molecular weight is 213 g/mol. The van der Waals surface area contributed by atoms with E-state index in [4.69, 9.17) is 0 Å². The van der Waals surface area contributed by atoms with E-state index in [1.54, 1.807) is 30.5 Å². The second kappa shape index (κ2) is 4.14. The molecule has 0 aliphatic rings. The molecule has 0 aliphatic heterocycles. The summed E-state index contributed by atoms with van der Waals surface area (Å²) in [4.78, 5) is 14.8. The van der Waals surface area contributed by atoms with Gasteiger partial charge in [0.1, 0.15) is 5.75 Å². The summed E-state index contributed by atoms with van der Waals surface area (Å²) >= 11 is 0. The maximum absolute atomic E-state index is 10.7. The van der Waals surface area contributed by atoms with E-state index < -0.39 is 0 Å². The first-order chi connectivity index (χ1) is 7.72. The first kappa shape index (κ1) is 10.4. The topological polar surface area (TPSA) is 50.2 Å². The van der Waals surface area contributed by atoms with Crippen LogP contribution in [0.15, 0.2) is 36.5 Å². The van der Waals surface area contributed by atoms with Gasteiger partial charge in [-0.3, -0.25) is 9.78 Å². The number of para-hydroxylation sites is 1. The van der Waals surface area contributed by atoms with Crippen LogP contribution in [0, 0.1) is 6.92 Å². The number of carbonyl (C=O) groups is 1. The minimum absolute atomic E-state index is 0.0168.